The Morgan fingerprint density at radius 1 is 0.976 bits per heavy atom. The molecule has 0 unspecified atom stereocenters. The monoisotopic (exact) mass is 561 g/mol. The van der Waals surface area contributed by atoms with Gasteiger partial charge in [0.25, 0.3) is 5.56 Å². The molecule has 0 radical (unpaired) electrons. The molecule has 4 rings (SSSR count). The van der Waals surface area contributed by atoms with Crippen LogP contribution in [0.2, 0.25) is 0 Å². The smallest absolute Gasteiger partial charge is 0.417 e. The summed E-state index contributed by atoms with van der Waals surface area (Å²) in [7, 11) is 0. The Bertz CT molecular complexity index is 1740. The van der Waals surface area contributed by atoms with E-state index >= 15 is 0 Å². The van der Waals surface area contributed by atoms with E-state index < -0.39 is 34.7 Å². The van der Waals surface area contributed by atoms with E-state index in [0.717, 1.165) is 21.8 Å². The van der Waals surface area contributed by atoms with Crippen LogP contribution in [0.5, 0.6) is 11.5 Å². The Balaban J connectivity index is 1.70. The normalized spacial score (nSPS) is 11.0. The van der Waals surface area contributed by atoms with E-state index in [2.05, 4.69) is 5.32 Å². The molecule has 0 atom stereocenters. The van der Waals surface area contributed by atoms with Crippen LogP contribution in [-0.2, 0) is 22.3 Å². The van der Waals surface area contributed by atoms with Crippen LogP contribution < -0.4 is 15.6 Å². The summed E-state index contributed by atoms with van der Waals surface area (Å²) in [6.07, 6.45) is -4.92. The van der Waals surface area contributed by atoms with Crippen LogP contribution in [0, 0.1) is 25.2 Å². The van der Waals surface area contributed by atoms with Gasteiger partial charge in [-0.1, -0.05) is 23.8 Å². The summed E-state index contributed by atoms with van der Waals surface area (Å²) in [5.41, 5.74) is -0.285. The number of rotatable bonds is 6. The summed E-state index contributed by atoms with van der Waals surface area (Å²) in [6.45, 7) is 3.69. The van der Waals surface area contributed by atoms with Gasteiger partial charge in [0.15, 0.2) is 0 Å². The largest absolute Gasteiger partial charge is 0.474 e. The lowest BCUT2D eigenvalue weighted by Crippen LogP contribution is -2.29. The molecule has 208 valence electrons. The Kier molecular flexibility index (Phi) is 7.96. The van der Waals surface area contributed by atoms with Crippen molar-refractivity contribution in [1.82, 2.24) is 4.57 Å². The predicted octanol–water partition coefficient (Wildman–Crippen LogP) is 5.89. The van der Waals surface area contributed by atoms with E-state index in [0.29, 0.717) is 22.6 Å². The van der Waals surface area contributed by atoms with Crippen molar-refractivity contribution in [3.8, 4) is 28.8 Å². The number of nitrogens with zero attached hydrogens (tertiary/aromatic N) is 2. The number of carboxylic acids is 1. The van der Waals surface area contributed by atoms with Crippen LogP contribution in [0.4, 0.5) is 18.9 Å². The second-order valence-corrected chi connectivity index (χ2v) is 9.16. The SMILES string of the molecule is Cc1ccc(Cn2c(-c3ccc(Oc4ccc(NC(=O)C(=O)O)cc4)cc3)cc(C(F)(F)F)c(C#N)c2=O)c(C)c1. The summed E-state index contributed by atoms with van der Waals surface area (Å²) < 4.78 is 48.5. The van der Waals surface area contributed by atoms with E-state index in [1.165, 1.54) is 54.6 Å². The minimum absolute atomic E-state index is 0.0219. The van der Waals surface area contributed by atoms with Crippen molar-refractivity contribution in [3.63, 3.8) is 0 Å². The summed E-state index contributed by atoms with van der Waals surface area (Å²) >= 11 is 0. The highest BCUT2D eigenvalue weighted by molar-refractivity contribution is 6.36. The molecule has 0 bridgehead atoms. The van der Waals surface area contributed by atoms with Crippen molar-refractivity contribution in [2.45, 2.75) is 26.6 Å². The molecule has 8 nitrogen and oxygen atoms in total. The number of nitrogens with one attached hydrogen (secondary N) is 1. The molecular formula is C30H22F3N3O5. The predicted molar refractivity (Wildman–Crippen MR) is 144 cm³/mol. The third-order valence-corrected chi connectivity index (χ3v) is 6.24. The zero-order valence-corrected chi connectivity index (χ0v) is 21.7. The number of carbonyl (C=O) groups is 2. The lowest BCUT2D eigenvalue weighted by Gasteiger charge is -2.19. The number of benzene rings is 3. The van der Waals surface area contributed by atoms with E-state index in [1.54, 1.807) is 6.07 Å². The lowest BCUT2D eigenvalue weighted by molar-refractivity contribution is -0.147. The molecule has 0 spiro atoms. The first-order valence-corrected chi connectivity index (χ1v) is 12.1. The van der Waals surface area contributed by atoms with Gasteiger partial charge in [-0.3, -0.25) is 9.59 Å². The highest BCUT2D eigenvalue weighted by atomic mass is 19.4. The number of carboxylic acid groups (broad SMARTS) is 1. The van der Waals surface area contributed by atoms with Gasteiger partial charge < -0.3 is 19.7 Å². The zero-order chi connectivity index (χ0) is 29.9. The number of aryl methyl sites for hydroxylation is 2. The molecule has 0 saturated heterocycles. The Hall–Kier alpha value is -5.37. The maximum atomic E-state index is 13.9. The van der Waals surface area contributed by atoms with E-state index in [9.17, 15) is 32.8 Å². The minimum Gasteiger partial charge on any atom is -0.474 e. The standard InChI is InChI=1S/C30H22F3N3O5/c1-17-3-4-20(18(2)13-17)16-36-26(14-25(30(31,32)33)24(15-34)28(36)38)19-5-9-22(10-6-19)41-23-11-7-21(8-12-23)35-27(37)29(39)40/h3-14H,16H2,1-2H3,(H,35,37)(H,39,40). The molecule has 0 aliphatic heterocycles. The number of alkyl halides is 3. The quantitative estimate of drug-likeness (QED) is 0.283. The molecule has 0 aliphatic carbocycles. The molecule has 1 amide bonds. The maximum absolute atomic E-state index is 13.9. The molecule has 0 aliphatic rings. The van der Waals surface area contributed by atoms with Crippen molar-refractivity contribution >= 4 is 17.6 Å². The first-order valence-electron chi connectivity index (χ1n) is 12.1. The number of aromatic nitrogens is 1. The lowest BCUT2D eigenvalue weighted by atomic mass is 10.0. The maximum Gasteiger partial charge on any atom is 0.417 e. The number of hydrogen-bond donors (Lipinski definition) is 2. The van der Waals surface area contributed by atoms with Gasteiger partial charge in [-0.05, 0) is 85.1 Å². The number of carbonyl (C=O) groups excluding carboxylic acids is 1. The zero-order valence-electron chi connectivity index (χ0n) is 21.7. The highest BCUT2D eigenvalue weighted by Crippen LogP contribution is 2.34. The fraction of sp³-hybridized carbons (Fsp3) is 0.133. The molecule has 4 aromatic rings. The second-order valence-electron chi connectivity index (χ2n) is 9.16. The van der Waals surface area contributed by atoms with E-state index in [-0.39, 0.29) is 17.9 Å². The fourth-order valence-electron chi connectivity index (χ4n) is 4.19. The van der Waals surface area contributed by atoms with Gasteiger partial charge in [-0.15, -0.1) is 0 Å². The molecule has 41 heavy (non-hydrogen) atoms. The van der Waals surface area contributed by atoms with Crippen LogP contribution >= 0.6 is 0 Å². The number of amides is 1. The Morgan fingerprint density at radius 2 is 1.59 bits per heavy atom. The van der Waals surface area contributed by atoms with Gasteiger partial charge in [0, 0.05) is 5.69 Å². The summed E-state index contributed by atoms with van der Waals surface area (Å²) in [5.74, 6) is -2.16. The first-order chi connectivity index (χ1) is 19.4. The molecule has 0 saturated carbocycles. The van der Waals surface area contributed by atoms with Crippen LogP contribution in [0.25, 0.3) is 11.3 Å². The topological polar surface area (TPSA) is 121 Å². The number of aliphatic carboxylic acids is 1. The molecule has 1 aromatic heterocycles. The van der Waals surface area contributed by atoms with Gasteiger partial charge in [-0.2, -0.15) is 18.4 Å². The van der Waals surface area contributed by atoms with E-state index in [4.69, 9.17) is 9.84 Å². The van der Waals surface area contributed by atoms with Gasteiger partial charge in [0.1, 0.15) is 23.1 Å². The number of halogens is 3. The van der Waals surface area contributed by atoms with Crippen LogP contribution in [0.3, 0.4) is 0 Å². The minimum atomic E-state index is -4.92. The number of ether oxygens (including phenoxy) is 1. The molecule has 1 heterocycles. The van der Waals surface area contributed by atoms with Crippen molar-refractivity contribution in [2.24, 2.45) is 0 Å². The molecule has 0 fully saturated rings. The van der Waals surface area contributed by atoms with Gasteiger partial charge in [0.2, 0.25) is 0 Å². The summed E-state index contributed by atoms with van der Waals surface area (Å²) in [6, 6.07) is 19.6. The number of hydrogen-bond acceptors (Lipinski definition) is 5. The summed E-state index contributed by atoms with van der Waals surface area (Å²) in [5, 5.41) is 20.3. The Labute approximate surface area is 231 Å². The molecule has 11 heteroatoms. The first kappa shape index (κ1) is 28.6. The number of nitriles is 1. The summed E-state index contributed by atoms with van der Waals surface area (Å²) in [4.78, 5) is 35.2. The number of anilines is 1. The fourth-order valence-corrected chi connectivity index (χ4v) is 4.19. The van der Waals surface area contributed by atoms with Gasteiger partial charge in [0.05, 0.1) is 17.8 Å². The number of pyridine rings is 1. The average molecular weight is 562 g/mol. The Morgan fingerprint density at radius 3 is 2.12 bits per heavy atom. The van der Waals surface area contributed by atoms with Crippen LogP contribution in [0.1, 0.15) is 27.8 Å². The average Bonchev–Trinajstić information content (AvgIpc) is 2.91. The van der Waals surface area contributed by atoms with E-state index in [1.807, 2.05) is 26.0 Å². The second kappa shape index (κ2) is 11.4. The van der Waals surface area contributed by atoms with Crippen LogP contribution in [-0.4, -0.2) is 21.6 Å². The third-order valence-electron chi connectivity index (χ3n) is 6.24. The third kappa shape index (κ3) is 6.45. The molecule has 3 aromatic carbocycles. The highest BCUT2D eigenvalue weighted by Gasteiger charge is 2.36. The van der Waals surface area contributed by atoms with Crippen LogP contribution in [0.15, 0.2) is 77.6 Å². The van der Waals surface area contributed by atoms with Crippen molar-refractivity contribution < 1.29 is 32.6 Å². The van der Waals surface area contributed by atoms with Crippen molar-refractivity contribution in [3.05, 3.63) is 111 Å². The van der Waals surface area contributed by atoms with Crippen molar-refractivity contribution in [1.29, 1.82) is 5.26 Å². The molecule has 2 N–H and O–H groups in total. The molecular weight excluding hydrogens is 539 g/mol. The van der Waals surface area contributed by atoms with Gasteiger partial charge >= 0.3 is 18.1 Å². The van der Waals surface area contributed by atoms with Gasteiger partial charge in [-0.25, -0.2) is 4.79 Å². The van der Waals surface area contributed by atoms with Crippen molar-refractivity contribution in [2.75, 3.05) is 5.32 Å².